The van der Waals surface area contributed by atoms with E-state index in [9.17, 15) is 9.59 Å². The van der Waals surface area contributed by atoms with Crippen molar-refractivity contribution in [3.8, 4) is 5.69 Å². The molecule has 1 aromatic carbocycles. The van der Waals surface area contributed by atoms with Gasteiger partial charge in [0.25, 0.3) is 5.91 Å². The van der Waals surface area contributed by atoms with Gasteiger partial charge in [0.05, 0.1) is 11.3 Å². The predicted octanol–water partition coefficient (Wildman–Crippen LogP) is 3.21. The van der Waals surface area contributed by atoms with E-state index in [1.807, 2.05) is 17.2 Å². The first-order chi connectivity index (χ1) is 12.6. The highest BCUT2D eigenvalue weighted by molar-refractivity contribution is 5.92. The number of piperidine rings is 1. The summed E-state index contributed by atoms with van der Waals surface area (Å²) in [4.78, 5) is 26.9. The number of esters is 1. The maximum Gasteiger partial charge on any atom is 0.338 e. The summed E-state index contributed by atoms with van der Waals surface area (Å²) >= 11 is 0. The smallest absolute Gasteiger partial charge is 0.338 e. The Bertz CT molecular complexity index is 740. The van der Waals surface area contributed by atoms with E-state index in [-0.39, 0.29) is 11.9 Å². The molecule has 1 aromatic heterocycles. The number of aromatic nitrogens is 2. The average Bonchev–Trinajstić information content (AvgIpc) is 3.22. The fourth-order valence-electron chi connectivity index (χ4n) is 3.40. The molecule has 2 atom stereocenters. The second kappa shape index (κ2) is 8.17. The van der Waals surface area contributed by atoms with Crippen molar-refractivity contribution in [3.63, 3.8) is 0 Å². The molecule has 1 saturated heterocycles. The van der Waals surface area contributed by atoms with Crippen LogP contribution in [0.2, 0.25) is 0 Å². The highest BCUT2D eigenvalue weighted by atomic mass is 16.5. The number of ether oxygens (including phenoxy) is 1. The number of hydrogen-bond donors (Lipinski definition) is 0. The number of amides is 1. The zero-order chi connectivity index (χ0) is 18.5. The van der Waals surface area contributed by atoms with Gasteiger partial charge >= 0.3 is 5.97 Å². The highest BCUT2D eigenvalue weighted by Gasteiger charge is 2.30. The quantitative estimate of drug-likeness (QED) is 0.773. The molecule has 3 rings (SSSR count). The van der Waals surface area contributed by atoms with E-state index >= 15 is 0 Å². The van der Waals surface area contributed by atoms with Gasteiger partial charge in [-0.1, -0.05) is 6.92 Å². The highest BCUT2D eigenvalue weighted by Crippen LogP contribution is 2.21. The Kier molecular flexibility index (Phi) is 5.71. The van der Waals surface area contributed by atoms with Crippen LogP contribution in [0, 0.1) is 0 Å². The number of likely N-dealkylation sites (tertiary alicyclic amines) is 1. The van der Waals surface area contributed by atoms with Crippen molar-refractivity contribution in [3.05, 3.63) is 48.3 Å². The SMILES string of the molecule is CC[C@H]1CCCCN1C(=O)[C@@H](C)OC(=O)c1ccc(-n2cccn2)cc1. The normalized spacial score (nSPS) is 18.4. The molecule has 2 aromatic rings. The van der Waals surface area contributed by atoms with Crippen molar-refractivity contribution in [2.75, 3.05) is 6.54 Å². The van der Waals surface area contributed by atoms with Crippen molar-refractivity contribution in [2.45, 2.75) is 51.7 Å². The molecule has 1 aliphatic heterocycles. The predicted molar refractivity (Wildman–Crippen MR) is 98.1 cm³/mol. The van der Waals surface area contributed by atoms with Crippen molar-refractivity contribution in [1.29, 1.82) is 0 Å². The van der Waals surface area contributed by atoms with Crippen molar-refractivity contribution < 1.29 is 14.3 Å². The second-order valence-electron chi connectivity index (χ2n) is 6.63. The number of carbonyl (C=O) groups excluding carboxylic acids is 2. The van der Waals surface area contributed by atoms with Crippen molar-refractivity contribution in [1.82, 2.24) is 14.7 Å². The van der Waals surface area contributed by atoms with E-state index in [0.717, 1.165) is 37.9 Å². The number of hydrogen-bond acceptors (Lipinski definition) is 4. The lowest BCUT2D eigenvalue weighted by molar-refractivity contribution is -0.143. The molecule has 1 aliphatic rings. The Hall–Kier alpha value is -2.63. The lowest BCUT2D eigenvalue weighted by atomic mass is 9.99. The van der Waals surface area contributed by atoms with Crippen LogP contribution >= 0.6 is 0 Å². The molecule has 138 valence electrons. The number of benzene rings is 1. The molecule has 1 fully saturated rings. The van der Waals surface area contributed by atoms with E-state index in [2.05, 4.69) is 12.0 Å². The third-order valence-electron chi connectivity index (χ3n) is 4.88. The Balaban J connectivity index is 1.62. The molecular weight excluding hydrogens is 330 g/mol. The number of carbonyl (C=O) groups is 2. The van der Waals surface area contributed by atoms with Gasteiger partial charge in [0.15, 0.2) is 6.10 Å². The van der Waals surface area contributed by atoms with Crippen LogP contribution in [0.4, 0.5) is 0 Å². The zero-order valence-corrected chi connectivity index (χ0v) is 15.3. The minimum absolute atomic E-state index is 0.0990. The van der Waals surface area contributed by atoms with E-state index in [0.29, 0.717) is 5.56 Å². The van der Waals surface area contributed by atoms with Gasteiger partial charge < -0.3 is 9.64 Å². The van der Waals surface area contributed by atoms with Crippen LogP contribution in [0.15, 0.2) is 42.7 Å². The van der Waals surface area contributed by atoms with Crippen LogP contribution in [-0.4, -0.2) is 45.2 Å². The third-order valence-corrected chi connectivity index (χ3v) is 4.88. The largest absolute Gasteiger partial charge is 0.449 e. The molecule has 0 aliphatic carbocycles. The molecule has 26 heavy (non-hydrogen) atoms. The number of nitrogens with zero attached hydrogens (tertiary/aromatic N) is 3. The summed E-state index contributed by atoms with van der Waals surface area (Å²) in [5.74, 6) is -0.582. The second-order valence-corrected chi connectivity index (χ2v) is 6.63. The third kappa shape index (κ3) is 3.95. The summed E-state index contributed by atoms with van der Waals surface area (Å²) in [7, 11) is 0. The first-order valence-corrected chi connectivity index (χ1v) is 9.21. The first-order valence-electron chi connectivity index (χ1n) is 9.21. The molecule has 0 saturated carbocycles. The Morgan fingerprint density at radius 1 is 1.27 bits per heavy atom. The van der Waals surface area contributed by atoms with Gasteiger partial charge in [0, 0.05) is 25.0 Å². The van der Waals surface area contributed by atoms with Crippen LogP contribution in [0.25, 0.3) is 5.69 Å². The Labute approximate surface area is 153 Å². The molecule has 0 N–H and O–H groups in total. The van der Waals surface area contributed by atoms with Crippen molar-refractivity contribution in [2.24, 2.45) is 0 Å². The van der Waals surface area contributed by atoms with E-state index in [4.69, 9.17) is 4.74 Å². The van der Waals surface area contributed by atoms with Gasteiger partial charge in [-0.3, -0.25) is 4.79 Å². The zero-order valence-electron chi connectivity index (χ0n) is 15.3. The van der Waals surface area contributed by atoms with Gasteiger partial charge in [-0.15, -0.1) is 0 Å². The maximum atomic E-state index is 12.7. The summed E-state index contributed by atoms with van der Waals surface area (Å²) in [6, 6.07) is 9.06. The minimum atomic E-state index is -0.777. The lowest BCUT2D eigenvalue weighted by Gasteiger charge is -2.36. The summed E-state index contributed by atoms with van der Waals surface area (Å²) in [5.41, 5.74) is 1.28. The fraction of sp³-hybridized carbons (Fsp3) is 0.450. The molecule has 6 nitrogen and oxygen atoms in total. The molecule has 0 spiro atoms. The van der Waals surface area contributed by atoms with Crippen LogP contribution in [0.3, 0.4) is 0 Å². The van der Waals surface area contributed by atoms with E-state index in [1.165, 1.54) is 0 Å². The van der Waals surface area contributed by atoms with Crippen LogP contribution in [-0.2, 0) is 9.53 Å². The molecular formula is C20H25N3O3. The molecule has 0 radical (unpaired) electrons. The first kappa shape index (κ1) is 18.2. The van der Waals surface area contributed by atoms with Gasteiger partial charge in [0.1, 0.15) is 0 Å². The average molecular weight is 355 g/mol. The molecule has 2 heterocycles. The Morgan fingerprint density at radius 3 is 2.69 bits per heavy atom. The minimum Gasteiger partial charge on any atom is -0.449 e. The van der Waals surface area contributed by atoms with Crippen molar-refractivity contribution >= 4 is 11.9 Å². The fourth-order valence-corrected chi connectivity index (χ4v) is 3.40. The van der Waals surface area contributed by atoms with Gasteiger partial charge in [-0.25, -0.2) is 9.48 Å². The summed E-state index contributed by atoms with van der Waals surface area (Å²) in [6.45, 7) is 4.49. The van der Waals surface area contributed by atoms with Crippen LogP contribution < -0.4 is 0 Å². The van der Waals surface area contributed by atoms with Crippen LogP contribution in [0.1, 0.15) is 49.9 Å². The standard InChI is InChI=1S/C20H25N3O3/c1-3-17-7-4-5-13-22(17)19(24)15(2)26-20(25)16-8-10-18(11-9-16)23-14-6-12-21-23/h6,8-12,14-15,17H,3-5,7,13H2,1-2H3/t15-,17+/m1/s1. The molecule has 1 amide bonds. The van der Waals surface area contributed by atoms with E-state index < -0.39 is 12.1 Å². The monoisotopic (exact) mass is 355 g/mol. The molecule has 6 heteroatoms. The Morgan fingerprint density at radius 2 is 2.04 bits per heavy atom. The van der Waals surface area contributed by atoms with Gasteiger partial charge in [-0.05, 0) is 62.9 Å². The summed E-state index contributed by atoms with van der Waals surface area (Å²) < 4.78 is 7.13. The topological polar surface area (TPSA) is 64.4 Å². The maximum absolute atomic E-state index is 12.7. The lowest BCUT2D eigenvalue weighted by Crippen LogP contribution is -2.48. The molecule has 0 unspecified atom stereocenters. The summed E-state index contributed by atoms with van der Waals surface area (Å²) in [5, 5.41) is 4.15. The van der Waals surface area contributed by atoms with E-state index in [1.54, 1.807) is 42.1 Å². The molecule has 0 bridgehead atoms. The number of rotatable bonds is 5. The van der Waals surface area contributed by atoms with Gasteiger partial charge in [-0.2, -0.15) is 5.10 Å². The summed E-state index contributed by atoms with van der Waals surface area (Å²) in [6.07, 6.45) is 6.87. The van der Waals surface area contributed by atoms with Crippen LogP contribution in [0.5, 0.6) is 0 Å². The van der Waals surface area contributed by atoms with Gasteiger partial charge in [0.2, 0.25) is 0 Å².